The summed E-state index contributed by atoms with van der Waals surface area (Å²) in [7, 11) is 0. The zero-order valence-electron chi connectivity index (χ0n) is 19.1. The number of nitrogens with one attached hydrogen (secondary N) is 1. The van der Waals surface area contributed by atoms with Gasteiger partial charge < -0.3 is 15.0 Å². The molecule has 33 heavy (non-hydrogen) atoms. The van der Waals surface area contributed by atoms with Gasteiger partial charge in [-0.25, -0.2) is 0 Å². The van der Waals surface area contributed by atoms with Crippen molar-refractivity contribution in [2.24, 2.45) is 0 Å². The lowest BCUT2D eigenvalue weighted by Crippen LogP contribution is -2.43. The highest BCUT2D eigenvalue weighted by molar-refractivity contribution is 5.87. The molecule has 0 aromatic heterocycles. The molecule has 170 valence electrons. The third-order valence-corrected chi connectivity index (χ3v) is 7.15. The van der Waals surface area contributed by atoms with Crippen molar-refractivity contribution in [1.82, 2.24) is 10.2 Å². The van der Waals surface area contributed by atoms with Crippen molar-refractivity contribution < 1.29 is 9.53 Å². The quantitative estimate of drug-likeness (QED) is 0.534. The topological polar surface area (TPSA) is 41.6 Å². The molecule has 1 saturated heterocycles. The number of nitrogens with zero attached hydrogens (tertiary/aromatic N) is 1. The molecular weight excluding hydrogens is 408 g/mol. The summed E-state index contributed by atoms with van der Waals surface area (Å²) in [6, 6.07) is 28.7. The van der Waals surface area contributed by atoms with Gasteiger partial charge in [-0.1, -0.05) is 84.9 Å². The molecule has 3 aromatic rings. The maximum atomic E-state index is 13.1. The number of hydrogen-bond donors (Lipinski definition) is 1. The number of carbonyl (C=O) groups excluding carboxylic acids is 1. The van der Waals surface area contributed by atoms with Crippen molar-refractivity contribution in [2.45, 2.75) is 37.4 Å². The molecule has 2 aliphatic heterocycles. The molecule has 0 bridgehead atoms. The first-order valence-corrected chi connectivity index (χ1v) is 12.1. The monoisotopic (exact) mass is 440 g/mol. The summed E-state index contributed by atoms with van der Waals surface area (Å²) in [5, 5.41) is 3.19. The Morgan fingerprint density at radius 1 is 0.879 bits per heavy atom. The van der Waals surface area contributed by atoms with E-state index < -0.39 is 0 Å². The molecule has 1 spiro atoms. The van der Waals surface area contributed by atoms with Gasteiger partial charge >= 0.3 is 0 Å². The van der Waals surface area contributed by atoms with Crippen molar-refractivity contribution in [3.05, 3.63) is 107 Å². The Morgan fingerprint density at radius 3 is 2.15 bits per heavy atom. The number of benzene rings is 3. The van der Waals surface area contributed by atoms with Crippen LogP contribution in [0.25, 0.3) is 0 Å². The lowest BCUT2D eigenvalue weighted by atomic mass is 9.84. The molecule has 0 radical (unpaired) electrons. The number of hydrogen-bond acceptors (Lipinski definition) is 3. The SMILES string of the molecule is O=C(NCCCN1CCC2(CC1)OCc1ccccc12)C(c1ccccc1)c1ccccc1. The number of likely N-dealkylation sites (tertiary alicyclic amines) is 1. The Balaban J connectivity index is 1.12. The van der Waals surface area contributed by atoms with Gasteiger partial charge in [-0.15, -0.1) is 0 Å². The number of fused-ring (bicyclic) bond motifs is 2. The van der Waals surface area contributed by atoms with Crippen molar-refractivity contribution in [3.63, 3.8) is 0 Å². The zero-order valence-corrected chi connectivity index (χ0v) is 19.1. The third kappa shape index (κ3) is 4.73. The van der Waals surface area contributed by atoms with Crippen LogP contribution in [0.2, 0.25) is 0 Å². The van der Waals surface area contributed by atoms with Gasteiger partial charge in [0.2, 0.25) is 5.91 Å². The van der Waals surface area contributed by atoms with Crippen molar-refractivity contribution in [3.8, 4) is 0 Å². The largest absolute Gasteiger partial charge is 0.365 e. The Labute approximate surface area is 196 Å². The highest BCUT2D eigenvalue weighted by atomic mass is 16.5. The molecule has 4 heteroatoms. The molecule has 0 atom stereocenters. The maximum Gasteiger partial charge on any atom is 0.232 e. The number of ether oxygens (including phenoxy) is 1. The second-order valence-electron chi connectivity index (χ2n) is 9.18. The highest BCUT2D eigenvalue weighted by Gasteiger charge is 2.42. The van der Waals surface area contributed by atoms with Crippen LogP contribution in [-0.2, 0) is 21.7 Å². The minimum Gasteiger partial charge on any atom is -0.365 e. The maximum absolute atomic E-state index is 13.1. The molecule has 1 amide bonds. The van der Waals surface area contributed by atoms with Crippen LogP contribution in [0.5, 0.6) is 0 Å². The van der Waals surface area contributed by atoms with Gasteiger partial charge in [-0.2, -0.15) is 0 Å². The fourth-order valence-electron chi connectivity index (χ4n) is 5.34. The first-order valence-electron chi connectivity index (χ1n) is 12.1. The predicted octanol–water partition coefficient (Wildman–Crippen LogP) is 4.85. The second kappa shape index (κ2) is 9.90. The van der Waals surface area contributed by atoms with E-state index in [9.17, 15) is 4.79 Å². The summed E-state index contributed by atoms with van der Waals surface area (Å²) < 4.78 is 6.28. The highest BCUT2D eigenvalue weighted by Crippen LogP contribution is 2.43. The lowest BCUT2D eigenvalue weighted by molar-refractivity contribution is -0.121. The average Bonchev–Trinajstić information content (AvgIpc) is 3.23. The zero-order chi connectivity index (χ0) is 22.5. The minimum absolute atomic E-state index is 0.0703. The summed E-state index contributed by atoms with van der Waals surface area (Å²) in [5.74, 6) is -0.206. The van der Waals surface area contributed by atoms with Crippen LogP contribution < -0.4 is 5.32 Å². The Kier molecular flexibility index (Phi) is 6.56. The van der Waals surface area contributed by atoms with E-state index in [-0.39, 0.29) is 17.4 Å². The first-order chi connectivity index (χ1) is 16.3. The number of rotatable bonds is 7. The molecule has 0 unspecified atom stereocenters. The molecule has 0 saturated carbocycles. The molecule has 3 aromatic carbocycles. The Hall–Kier alpha value is -2.95. The van der Waals surface area contributed by atoms with Crippen LogP contribution in [0.4, 0.5) is 0 Å². The van der Waals surface area contributed by atoms with Gasteiger partial charge in [-0.05, 0) is 48.1 Å². The van der Waals surface area contributed by atoms with E-state index >= 15 is 0 Å². The van der Waals surface area contributed by atoms with E-state index in [2.05, 4.69) is 34.5 Å². The molecular formula is C29H32N2O2. The summed E-state index contributed by atoms with van der Waals surface area (Å²) in [6.45, 7) is 4.51. The normalized spacial score (nSPS) is 17.2. The Morgan fingerprint density at radius 2 is 1.48 bits per heavy atom. The van der Waals surface area contributed by atoms with Crippen LogP contribution in [0.15, 0.2) is 84.9 Å². The van der Waals surface area contributed by atoms with Crippen LogP contribution in [0.3, 0.4) is 0 Å². The average molecular weight is 441 g/mol. The molecule has 0 aliphatic carbocycles. The predicted molar refractivity (Wildman–Crippen MR) is 131 cm³/mol. The smallest absolute Gasteiger partial charge is 0.232 e. The van der Waals surface area contributed by atoms with Gasteiger partial charge in [0.05, 0.1) is 18.1 Å². The lowest BCUT2D eigenvalue weighted by Gasteiger charge is -2.39. The van der Waals surface area contributed by atoms with E-state index in [4.69, 9.17) is 4.74 Å². The number of carbonyl (C=O) groups is 1. The number of amides is 1. The summed E-state index contributed by atoms with van der Waals surface area (Å²) in [4.78, 5) is 15.6. The third-order valence-electron chi connectivity index (χ3n) is 7.15. The molecule has 1 N–H and O–H groups in total. The van der Waals surface area contributed by atoms with Gasteiger partial charge in [0.15, 0.2) is 0 Å². The molecule has 1 fully saturated rings. The molecule has 5 rings (SSSR count). The van der Waals surface area contributed by atoms with Crippen LogP contribution in [0, 0.1) is 0 Å². The Bertz CT molecular complexity index is 1020. The summed E-state index contributed by atoms with van der Waals surface area (Å²) >= 11 is 0. The van der Waals surface area contributed by atoms with Crippen molar-refractivity contribution >= 4 is 5.91 Å². The van der Waals surface area contributed by atoms with Crippen molar-refractivity contribution in [1.29, 1.82) is 0 Å². The molecule has 2 heterocycles. The van der Waals surface area contributed by atoms with Gasteiger partial charge in [0, 0.05) is 19.6 Å². The van der Waals surface area contributed by atoms with Gasteiger partial charge in [0.1, 0.15) is 0 Å². The number of piperidine rings is 1. The van der Waals surface area contributed by atoms with E-state index in [1.165, 1.54) is 11.1 Å². The van der Waals surface area contributed by atoms with Crippen LogP contribution >= 0.6 is 0 Å². The minimum atomic E-state index is -0.276. The molecule has 2 aliphatic rings. The second-order valence-corrected chi connectivity index (χ2v) is 9.18. The standard InChI is InChI=1S/C29H32N2O2/c32-28(27(23-10-3-1-4-11-23)24-12-5-2-6-13-24)30-18-9-19-31-20-16-29(17-21-31)26-15-8-7-14-25(26)22-33-29/h1-8,10-15,27H,9,16-22H2,(H,30,32). The summed E-state index contributed by atoms with van der Waals surface area (Å²) in [5.41, 5.74) is 4.71. The van der Waals surface area contributed by atoms with E-state index in [0.717, 1.165) is 56.6 Å². The van der Waals surface area contributed by atoms with Crippen molar-refractivity contribution in [2.75, 3.05) is 26.2 Å². The summed E-state index contributed by atoms with van der Waals surface area (Å²) in [6.07, 6.45) is 3.04. The van der Waals surface area contributed by atoms with Gasteiger partial charge in [0.25, 0.3) is 0 Å². The fourth-order valence-corrected chi connectivity index (χ4v) is 5.34. The van der Waals surface area contributed by atoms with Gasteiger partial charge in [-0.3, -0.25) is 4.79 Å². The van der Waals surface area contributed by atoms with Crippen LogP contribution in [-0.4, -0.2) is 37.0 Å². The van der Waals surface area contributed by atoms with E-state index in [0.29, 0.717) is 6.54 Å². The first kappa shape index (κ1) is 21.9. The van der Waals surface area contributed by atoms with E-state index in [1.54, 1.807) is 0 Å². The fraction of sp³-hybridized carbons (Fsp3) is 0.345. The van der Waals surface area contributed by atoms with Crippen LogP contribution in [0.1, 0.15) is 47.4 Å². The van der Waals surface area contributed by atoms with E-state index in [1.807, 2.05) is 60.7 Å². The molecule has 4 nitrogen and oxygen atoms in total.